The van der Waals surface area contributed by atoms with Gasteiger partial charge in [-0.25, -0.2) is 10.6 Å². The molecule has 0 aliphatic heterocycles. The summed E-state index contributed by atoms with van der Waals surface area (Å²) < 4.78 is 0. The number of ketones is 1. The summed E-state index contributed by atoms with van der Waals surface area (Å²) in [5.41, 5.74) is 1.76. The van der Waals surface area contributed by atoms with Gasteiger partial charge in [-0.15, -0.1) is 0 Å². The zero-order valence-corrected chi connectivity index (χ0v) is 8.78. The Morgan fingerprint density at radius 1 is 1.40 bits per heavy atom. The van der Waals surface area contributed by atoms with Gasteiger partial charge in [0.2, 0.25) is 5.91 Å². The van der Waals surface area contributed by atoms with Gasteiger partial charge in [-0.3, -0.25) is 14.8 Å². The number of hydroxylamine groups is 1. The van der Waals surface area contributed by atoms with E-state index < -0.39 is 17.8 Å². The maximum Gasteiger partial charge on any atom is 0.243 e. The van der Waals surface area contributed by atoms with Crippen molar-refractivity contribution in [3.8, 4) is 0 Å². The van der Waals surface area contributed by atoms with E-state index in [2.05, 4.69) is 6.58 Å². The fourth-order valence-electron chi connectivity index (χ4n) is 1.08. The van der Waals surface area contributed by atoms with Gasteiger partial charge >= 0.3 is 0 Å². The Labute approximate surface area is 88.7 Å². The first kappa shape index (κ1) is 13.8. The molecule has 0 bridgehead atoms. The number of carbonyl (C=O) groups excluding carboxylic acids is 2. The number of Topliss-reactive ketones (excluding diaryl/α,β-unsaturated/α-hetero) is 1. The van der Waals surface area contributed by atoms with Gasteiger partial charge in [-0.05, 0) is 31.8 Å². The predicted molar refractivity (Wildman–Crippen MR) is 52.7 cm³/mol. The molecule has 0 aromatic rings. The molecule has 2 N–H and O–H groups in total. The zero-order chi connectivity index (χ0) is 11.8. The minimum absolute atomic E-state index is 0.157. The second-order valence-corrected chi connectivity index (χ2v) is 3.41. The third-order valence-electron chi connectivity index (χ3n) is 1.96. The van der Waals surface area contributed by atoms with E-state index in [-0.39, 0.29) is 18.4 Å². The molecule has 0 saturated carbocycles. The van der Waals surface area contributed by atoms with E-state index in [1.165, 1.54) is 12.4 Å². The van der Waals surface area contributed by atoms with E-state index in [1.54, 1.807) is 0 Å². The summed E-state index contributed by atoms with van der Waals surface area (Å²) >= 11 is 0. The summed E-state index contributed by atoms with van der Waals surface area (Å²) in [4.78, 5) is 21.7. The number of unbranched alkanes of at least 4 members (excludes halogenated alkanes) is 1. The molecule has 1 radical (unpaired) electrons. The van der Waals surface area contributed by atoms with Crippen LogP contribution in [0.25, 0.3) is 0 Å². The molecule has 0 rings (SSSR count). The molecule has 1 amide bonds. The molecule has 0 aliphatic carbocycles. The van der Waals surface area contributed by atoms with Gasteiger partial charge in [0.05, 0.1) is 0 Å². The van der Waals surface area contributed by atoms with E-state index in [9.17, 15) is 14.7 Å². The highest BCUT2D eigenvalue weighted by molar-refractivity contribution is 5.97. The summed E-state index contributed by atoms with van der Waals surface area (Å²) in [7, 11) is 0. The van der Waals surface area contributed by atoms with Gasteiger partial charge in [-0.2, -0.15) is 0 Å². The second-order valence-electron chi connectivity index (χ2n) is 3.41. The van der Waals surface area contributed by atoms with Crippen LogP contribution in [0, 0.1) is 0 Å². The van der Waals surface area contributed by atoms with Crippen LogP contribution in [0.15, 0.2) is 12.2 Å². The number of nitrogens with one attached hydrogen (secondary N) is 1. The van der Waals surface area contributed by atoms with Gasteiger partial charge in [-0.1, -0.05) is 6.58 Å². The van der Waals surface area contributed by atoms with Crippen LogP contribution in [0.5, 0.6) is 0 Å². The minimum atomic E-state index is -1.28. The first-order chi connectivity index (χ1) is 6.99. The number of hydrogen-bond acceptors (Lipinski definition) is 3. The largest absolute Gasteiger partial charge is 0.291 e. The van der Waals surface area contributed by atoms with Gasteiger partial charge in [0.25, 0.3) is 0 Å². The highest BCUT2D eigenvalue weighted by atomic mass is 16.5. The van der Waals surface area contributed by atoms with Crippen molar-refractivity contribution in [1.29, 1.82) is 0 Å². The quantitative estimate of drug-likeness (QED) is 0.287. The summed E-state index contributed by atoms with van der Waals surface area (Å²) in [6, 6.07) is 0. The minimum Gasteiger partial charge on any atom is -0.291 e. The first-order valence-electron chi connectivity index (χ1n) is 4.77. The molecule has 0 aliphatic rings. The SMILES string of the molecule is C=C(C)C(=O)C([O])CCCCC(=O)NO. The molecule has 85 valence electrons. The topological polar surface area (TPSA) is 86.3 Å². The van der Waals surface area contributed by atoms with Crippen molar-refractivity contribution in [3.63, 3.8) is 0 Å². The Morgan fingerprint density at radius 2 is 2.00 bits per heavy atom. The Morgan fingerprint density at radius 3 is 2.47 bits per heavy atom. The molecule has 5 heteroatoms. The van der Waals surface area contributed by atoms with E-state index in [4.69, 9.17) is 5.21 Å². The normalized spacial score (nSPS) is 11.9. The molecule has 0 aromatic carbocycles. The van der Waals surface area contributed by atoms with E-state index in [0.29, 0.717) is 12.8 Å². The standard InChI is InChI=1S/C10H16NO4/c1-7(2)10(14)8(12)5-3-4-6-9(13)11-15/h8,15H,1,3-6H2,2H3,(H,11,13). The molecule has 1 unspecified atom stereocenters. The fraction of sp³-hybridized carbons (Fsp3) is 0.600. The van der Waals surface area contributed by atoms with E-state index in [0.717, 1.165) is 0 Å². The lowest BCUT2D eigenvalue weighted by atomic mass is 10.0. The van der Waals surface area contributed by atoms with Crippen molar-refractivity contribution >= 4 is 11.7 Å². The van der Waals surface area contributed by atoms with Crippen molar-refractivity contribution in [2.24, 2.45) is 0 Å². The third kappa shape index (κ3) is 5.98. The lowest BCUT2D eigenvalue weighted by Crippen LogP contribution is -2.20. The van der Waals surface area contributed by atoms with Crippen LogP contribution in [0.2, 0.25) is 0 Å². The summed E-state index contributed by atoms with van der Waals surface area (Å²) in [5.74, 6) is -0.953. The Balaban J connectivity index is 3.64. The first-order valence-corrected chi connectivity index (χ1v) is 4.77. The van der Waals surface area contributed by atoms with Crippen molar-refractivity contribution in [2.75, 3.05) is 0 Å². The number of hydrogen-bond donors (Lipinski definition) is 2. The highest BCUT2D eigenvalue weighted by Crippen LogP contribution is 2.08. The number of carbonyl (C=O) groups is 2. The lowest BCUT2D eigenvalue weighted by molar-refractivity contribution is -0.129. The average Bonchev–Trinajstić information content (AvgIpc) is 2.22. The van der Waals surface area contributed by atoms with Crippen LogP contribution in [0.4, 0.5) is 0 Å². The molecule has 0 heterocycles. The second kappa shape index (κ2) is 7.14. The molecule has 5 nitrogen and oxygen atoms in total. The van der Waals surface area contributed by atoms with Gasteiger partial charge < -0.3 is 0 Å². The Kier molecular flexibility index (Phi) is 6.57. The van der Waals surface area contributed by atoms with Crippen LogP contribution in [-0.2, 0) is 14.7 Å². The molecule has 0 saturated heterocycles. The summed E-state index contributed by atoms with van der Waals surface area (Å²) in [6.07, 6.45) is 0.0454. The van der Waals surface area contributed by atoms with Gasteiger partial charge in [0.15, 0.2) is 11.9 Å². The van der Waals surface area contributed by atoms with Gasteiger partial charge in [0.1, 0.15) is 0 Å². The summed E-state index contributed by atoms with van der Waals surface area (Å²) in [6.45, 7) is 4.91. The Bertz CT molecular complexity index is 250. The summed E-state index contributed by atoms with van der Waals surface area (Å²) in [5, 5.41) is 19.4. The maximum atomic E-state index is 11.2. The highest BCUT2D eigenvalue weighted by Gasteiger charge is 2.16. The van der Waals surface area contributed by atoms with E-state index in [1.807, 2.05) is 0 Å². The van der Waals surface area contributed by atoms with Gasteiger partial charge in [0, 0.05) is 6.42 Å². The van der Waals surface area contributed by atoms with Crippen LogP contribution < -0.4 is 5.48 Å². The Hall–Kier alpha value is -1.20. The fourth-order valence-corrected chi connectivity index (χ4v) is 1.08. The molecule has 0 fully saturated rings. The van der Waals surface area contributed by atoms with Crippen molar-refractivity contribution in [2.45, 2.75) is 38.7 Å². The van der Waals surface area contributed by atoms with Crippen LogP contribution in [-0.4, -0.2) is 23.0 Å². The lowest BCUT2D eigenvalue weighted by Gasteiger charge is -2.06. The number of rotatable bonds is 7. The van der Waals surface area contributed by atoms with Crippen molar-refractivity contribution < 1.29 is 19.9 Å². The number of amides is 1. The predicted octanol–water partition coefficient (Wildman–Crippen LogP) is 0.996. The monoisotopic (exact) mass is 214 g/mol. The molecular weight excluding hydrogens is 198 g/mol. The van der Waals surface area contributed by atoms with Crippen molar-refractivity contribution in [3.05, 3.63) is 12.2 Å². The molecule has 0 aromatic heterocycles. The molecular formula is C10H16NO4. The smallest absolute Gasteiger partial charge is 0.243 e. The molecule has 15 heavy (non-hydrogen) atoms. The maximum absolute atomic E-state index is 11.2. The van der Waals surface area contributed by atoms with E-state index >= 15 is 0 Å². The third-order valence-corrected chi connectivity index (χ3v) is 1.96. The molecule has 0 spiro atoms. The molecule has 1 atom stereocenters. The van der Waals surface area contributed by atoms with Crippen LogP contribution in [0.3, 0.4) is 0 Å². The van der Waals surface area contributed by atoms with Crippen LogP contribution in [0.1, 0.15) is 32.6 Å². The average molecular weight is 214 g/mol. The van der Waals surface area contributed by atoms with Crippen LogP contribution >= 0.6 is 0 Å². The van der Waals surface area contributed by atoms with Crippen molar-refractivity contribution in [1.82, 2.24) is 5.48 Å². The zero-order valence-electron chi connectivity index (χ0n) is 8.78.